The molecule has 0 aliphatic heterocycles. The Kier molecular flexibility index (Phi) is 8.02. The Morgan fingerprint density at radius 2 is 1.92 bits per heavy atom. The molecule has 0 aliphatic rings. The lowest BCUT2D eigenvalue weighted by atomic mass is 10.2. The third-order valence-electron chi connectivity index (χ3n) is 3.48. The number of carbonyl (C=O) groups excluding carboxylic acids is 1. The Hall–Kier alpha value is -1.96. The summed E-state index contributed by atoms with van der Waals surface area (Å²) in [6.45, 7) is 5.37. The van der Waals surface area contributed by atoms with E-state index in [9.17, 15) is 18.0 Å². The Morgan fingerprint density at radius 3 is 2.48 bits per heavy atom. The van der Waals surface area contributed by atoms with Crippen molar-refractivity contribution in [2.24, 2.45) is 0 Å². The number of likely N-dealkylation sites (N-methyl/N-ethyl adjacent to an activating group) is 1. The van der Waals surface area contributed by atoms with E-state index in [-0.39, 0.29) is 31.0 Å². The number of rotatable bonds is 8. The molecule has 0 saturated carbocycles. The van der Waals surface area contributed by atoms with Gasteiger partial charge in [-0.2, -0.15) is 13.2 Å². The van der Waals surface area contributed by atoms with Gasteiger partial charge in [-0.15, -0.1) is 0 Å². The van der Waals surface area contributed by atoms with Crippen LogP contribution in [0.25, 0.3) is 0 Å². The lowest BCUT2D eigenvalue weighted by Gasteiger charge is -2.27. The first-order chi connectivity index (χ1) is 11.6. The molecule has 25 heavy (non-hydrogen) atoms. The molecule has 1 N–H and O–H groups in total. The molecule has 1 rings (SSSR count). The number of nitrogens with zero attached hydrogens (tertiary/aromatic N) is 2. The van der Waals surface area contributed by atoms with Gasteiger partial charge in [-0.1, -0.05) is 6.07 Å². The summed E-state index contributed by atoms with van der Waals surface area (Å²) in [5.74, 6) is 0.131. The molecule has 142 valence electrons. The first kappa shape index (κ1) is 21.1. The fraction of sp³-hybridized carbons (Fsp3) is 0.588. The number of hydrogen-bond acceptors (Lipinski definition) is 3. The monoisotopic (exact) mass is 361 g/mol. The van der Waals surface area contributed by atoms with Gasteiger partial charge < -0.3 is 19.9 Å². The number of amides is 2. The van der Waals surface area contributed by atoms with E-state index in [0.717, 1.165) is 18.7 Å². The minimum absolute atomic E-state index is 0.0514. The van der Waals surface area contributed by atoms with E-state index in [1.807, 2.05) is 32.8 Å². The molecule has 0 aromatic heterocycles. The molecule has 0 unspecified atom stereocenters. The fourth-order valence-electron chi connectivity index (χ4n) is 2.11. The Morgan fingerprint density at radius 1 is 1.24 bits per heavy atom. The van der Waals surface area contributed by atoms with Crippen LogP contribution in [0.4, 0.5) is 18.0 Å². The molecule has 1 aromatic carbocycles. The van der Waals surface area contributed by atoms with Crippen LogP contribution in [-0.4, -0.2) is 62.2 Å². The number of carbonyl (C=O) groups is 1. The molecule has 0 spiro atoms. The van der Waals surface area contributed by atoms with Crippen molar-refractivity contribution in [1.29, 1.82) is 0 Å². The summed E-state index contributed by atoms with van der Waals surface area (Å²) < 4.78 is 43.4. The largest absolute Gasteiger partial charge is 0.492 e. The quantitative estimate of drug-likeness (QED) is 0.774. The van der Waals surface area contributed by atoms with Crippen LogP contribution in [-0.2, 0) is 6.18 Å². The molecule has 2 amide bonds. The van der Waals surface area contributed by atoms with Crippen molar-refractivity contribution in [3.05, 3.63) is 29.8 Å². The van der Waals surface area contributed by atoms with Gasteiger partial charge in [0.25, 0.3) is 0 Å². The maximum atomic E-state index is 12.7. The zero-order valence-corrected chi connectivity index (χ0v) is 15.1. The van der Waals surface area contributed by atoms with Crippen LogP contribution in [0.3, 0.4) is 0 Å². The van der Waals surface area contributed by atoms with Gasteiger partial charge in [-0.3, -0.25) is 0 Å². The maximum absolute atomic E-state index is 12.7. The lowest BCUT2D eigenvalue weighted by molar-refractivity contribution is -0.137. The molecule has 0 atom stereocenters. The molecular formula is C17H26F3N3O2. The van der Waals surface area contributed by atoms with Crippen LogP contribution >= 0.6 is 0 Å². The summed E-state index contributed by atoms with van der Waals surface area (Å²) >= 11 is 0. The first-order valence-electron chi connectivity index (χ1n) is 8.10. The van der Waals surface area contributed by atoms with Crippen molar-refractivity contribution < 1.29 is 22.7 Å². The van der Waals surface area contributed by atoms with Crippen molar-refractivity contribution in [3.63, 3.8) is 0 Å². The van der Waals surface area contributed by atoms with Gasteiger partial charge >= 0.3 is 12.2 Å². The van der Waals surface area contributed by atoms with Gasteiger partial charge in [0.15, 0.2) is 0 Å². The molecule has 1 aromatic rings. The predicted molar refractivity (Wildman–Crippen MR) is 90.7 cm³/mol. The van der Waals surface area contributed by atoms with Crippen molar-refractivity contribution in [1.82, 2.24) is 15.1 Å². The molecule has 5 nitrogen and oxygen atoms in total. The zero-order chi connectivity index (χ0) is 19.0. The topological polar surface area (TPSA) is 44.8 Å². The number of nitrogens with one attached hydrogen (secondary N) is 1. The van der Waals surface area contributed by atoms with Crippen molar-refractivity contribution in [2.45, 2.75) is 26.1 Å². The van der Waals surface area contributed by atoms with Gasteiger partial charge in [0.1, 0.15) is 12.4 Å². The lowest BCUT2D eigenvalue weighted by Crippen LogP contribution is -2.47. The Bertz CT molecular complexity index is 548. The standard InChI is InChI=1S/C17H26F3N3O2/c1-13(2)23(16(24)21-8-9-22(3)4)10-11-25-15-7-5-6-14(12-15)17(18,19)20/h5-7,12-13H,8-11H2,1-4H3,(H,21,24). The van der Waals surface area contributed by atoms with Crippen LogP contribution in [0, 0.1) is 0 Å². The van der Waals surface area contributed by atoms with E-state index in [4.69, 9.17) is 4.74 Å². The summed E-state index contributed by atoms with van der Waals surface area (Å²) in [7, 11) is 3.82. The summed E-state index contributed by atoms with van der Waals surface area (Å²) in [4.78, 5) is 15.7. The summed E-state index contributed by atoms with van der Waals surface area (Å²) in [5, 5.41) is 2.81. The zero-order valence-electron chi connectivity index (χ0n) is 15.1. The Balaban J connectivity index is 2.54. The smallest absolute Gasteiger partial charge is 0.416 e. The van der Waals surface area contributed by atoms with Crippen LogP contribution < -0.4 is 10.1 Å². The molecule has 0 aliphatic carbocycles. The molecular weight excluding hydrogens is 335 g/mol. The third-order valence-corrected chi connectivity index (χ3v) is 3.48. The van der Waals surface area contributed by atoms with Gasteiger partial charge in [-0.25, -0.2) is 4.79 Å². The highest BCUT2D eigenvalue weighted by Gasteiger charge is 2.30. The minimum Gasteiger partial charge on any atom is -0.492 e. The van der Waals surface area contributed by atoms with Crippen LogP contribution in [0.15, 0.2) is 24.3 Å². The molecule has 0 saturated heterocycles. The van der Waals surface area contributed by atoms with E-state index in [2.05, 4.69) is 5.32 Å². The van der Waals surface area contributed by atoms with Gasteiger partial charge in [0.2, 0.25) is 0 Å². The fourth-order valence-corrected chi connectivity index (χ4v) is 2.11. The number of benzene rings is 1. The minimum atomic E-state index is -4.41. The van der Waals surface area contributed by atoms with Gasteiger partial charge in [0, 0.05) is 19.1 Å². The highest BCUT2D eigenvalue weighted by atomic mass is 19.4. The van der Waals surface area contributed by atoms with Gasteiger partial charge in [0.05, 0.1) is 12.1 Å². The van der Waals surface area contributed by atoms with E-state index in [0.29, 0.717) is 6.54 Å². The number of ether oxygens (including phenoxy) is 1. The second-order valence-corrected chi connectivity index (χ2v) is 6.20. The first-order valence-corrected chi connectivity index (χ1v) is 8.10. The summed E-state index contributed by atoms with van der Waals surface area (Å²) in [6, 6.07) is 4.44. The normalized spacial score (nSPS) is 11.7. The second-order valence-electron chi connectivity index (χ2n) is 6.20. The van der Waals surface area contributed by atoms with Crippen LogP contribution in [0.5, 0.6) is 5.75 Å². The van der Waals surface area contributed by atoms with E-state index < -0.39 is 11.7 Å². The SMILES string of the molecule is CC(C)N(CCOc1cccc(C(F)(F)F)c1)C(=O)NCCN(C)C. The van der Waals surface area contributed by atoms with E-state index in [1.54, 1.807) is 4.90 Å². The molecule has 0 bridgehead atoms. The summed E-state index contributed by atoms with van der Waals surface area (Å²) in [5.41, 5.74) is -0.757. The third kappa shape index (κ3) is 7.64. The second kappa shape index (κ2) is 9.50. The number of halogens is 3. The van der Waals surface area contributed by atoms with E-state index >= 15 is 0 Å². The molecule has 0 radical (unpaired) electrons. The highest BCUT2D eigenvalue weighted by molar-refractivity contribution is 5.74. The van der Waals surface area contributed by atoms with Crippen molar-refractivity contribution in [3.8, 4) is 5.75 Å². The number of hydrogen-bond donors (Lipinski definition) is 1. The molecule has 8 heteroatoms. The number of urea groups is 1. The number of alkyl halides is 3. The van der Waals surface area contributed by atoms with Gasteiger partial charge in [-0.05, 0) is 46.1 Å². The van der Waals surface area contributed by atoms with Crippen LogP contribution in [0.2, 0.25) is 0 Å². The van der Waals surface area contributed by atoms with E-state index in [1.165, 1.54) is 12.1 Å². The average molecular weight is 361 g/mol. The van der Waals surface area contributed by atoms with Crippen molar-refractivity contribution >= 4 is 6.03 Å². The maximum Gasteiger partial charge on any atom is 0.416 e. The van der Waals surface area contributed by atoms with Crippen LogP contribution in [0.1, 0.15) is 19.4 Å². The predicted octanol–water partition coefficient (Wildman–Crippen LogP) is 3.07. The molecule has 0 fully saturated rings. The Labute approximate surface area is 146 Å². The average Bonchev–Trinajstić information content (AvgIpc) is 2.50. The van der Waals surface area contributed by atoms with Crippen molar-refractivity contribution in [2.75, 3.05) is 40.3 Å². The highest BCUT2D eigenvalue weighted by Crippen LogP contribution is 2.31. The molecule has 0 heterocycles. The summed E-state index contributed by atoms with van der Waals surface area (Å²) in [6.07, 6.45) is -4.41.